The maximum Gasteiger partial charge on any atom is 0.418 e. The number of carbonyl (C=O) groups is 2. The number of benzene rings is 2. The van der Waals surface area contributed by atoms with Gasteiger partial charge in [-0.2, -0.15) is 13.2 Å². The van der Waals surface area contributed by atoms with E-state index in [-0.39, 0.29) is 0 Å². The molecular weight excluding hydrogens is 421 g/mol. The average Bonchev–Trinajstić information content (AvgIpc) is 3.18. The standard InChI is InChI=1S/C20H17F3N2O6/c21-20(22,23)16-9-14(25(28)29)5-7-17(16)24-18(26)10-31-19(27)11-30-15-6-4-12-2-1-3-13(12)8-15/h4-9H,1-3,10-11H2,(H,24,26). The summed E-state index contributed by atoms with van der Waals surface area (Å²) in [6.45, 7) is -1.32. The fourth-order valence-electron chi connectivity index (χ4n) is 3.14. The Labute approximate surface area is 174 Å². The van der Waals surface area contributed by atoms with E-state index in [4.69, 9.17) is 9.47 Å². The number of ether oxygens (including phenoxy) is 2. The summed E-state index contributed by atoms with van der Waals surface area (Å²) in [6, 6.07) is 7.36. The van der Waals surface area contributed by atoms with E-state index in [1.807, 2.05) is 17.4 Å². The number of rotatable bonds is 7. The summed E-state index contributed by atoms with van der Waals surface area (Å²) in [5, 5.41) is 12.6. The lowest BCUT2D eigenvalue weighted by Gasteiger charge is -2.13. The number of nitrogens with zero attached hydrogens (tertiary/aromatic N) is 1. The van der Waals surface area contributed by atoms with E-state index in [2.05, 4.69) is 0 Å². The van der Waals surface area contributed by atoms with Crippen LogP contribution in [0, 0.1) is 10.1 Å². The number of aryl methyl sites for hydroxylation is 2. The van der Waals surface area contributed by atoms with Gasteiger partial charge >= 0.3 is 12.1 Å². The summed E-state index contributed by atoms with van der Waals surface area (Å²) in [6.07, 6.45) is -1.95. The van der Waals surface area contributed by atoms with Gasteiger partial charge in [0.25, 0.3) is 11.6 Å². The van der Waals surface area contributed by atoms with Crippen LogP contribution in [0.3, 0.4) is 0 Å². The maximum absolute atomic E-state index is 13.1. The molecule has 1 aliphatic carbocycles. The van der Waals surface area contributed by atoms with Crippen LogP contribution in [0.4, 0.5) is 24.5 Å². The largest absolute Gasteiger partial charge is 0.482 e. The topological polar surface area (TPSA) is 108 Å². The number of fused-ring (bicyclic) bond motifs is 1. The van der Waals surface area contributed by atoms with Crippen LogP contribution in [0.25, 0.3) is 0 Å². The molecular formula is C20H17F3N2O6. The fraction of sp³-hybridized carbons (Fsp3) is 0.300. The number of anilines is 1. The Bertz CT molecular complexity index is 1020. The summed E-state index contributed by atoms with van der Waals surface area (Å²) in [5.74, 6) is -1.44. The zero-order chi connectivity index (χ0) is 22.6. The van der Waals surface area contributed by atoms with Gasteiger partial charge in [-0.15, -0.1) is 0 Å². The number of nitrogens with one attached hydrogen (secondary N) is 1. The summed E-state index contributed by atoms with van der Waals surface area (Å²) in [4.78, 5) is 33.4. The average molecular weight is 438 g/mol. The number of hydrogen-bond donors (Lipinski definition) is 1. The minimum Gasteiger partial charge on any atom is -0.482 e. The highest BCUT2D eigenvalue weighted by molar-refractivity contribution is 5.93. The van der Waals surface area contributed by atoms with Gasteiger partial charge in [-0.1, -0.05) is 6.07 Å². The molecule has 0 heterocycles. The molecule has 11 heteroatoms. The SMILES string of the molecule is O=C(COC(=O)COc1ccc2c(c1)CCC2)Nc1ccc([N+](=O)[O-])cc1C(F)(F)F. The van der Waals surface area contributed by atoms with E-state index in [0.29, 0.717) is 11.8 Å². The van der Waals surface area contributed by atoms with Crippen molar-refractivity contribution in [3.8, 4) is 5.75 Å². The second-order valence-corrected chi connectivity index (χ2v) is 6.77. The maximum atomic E-state index is 13.1. The minimum absolute atomic E-state index is 0.312. The number of nitro groups is 1. The first-order valence-corrected chi connectivity index (χ1v) is 9.19. The minimum atomic E-state index is -4.94. The molecule has 0 atom stereocenters. The molecule has 0 unspecified atom stereocenters. The number of hydrogen-bond acceptors (Lipinski definition) is 6. The fourth-order valence-corrected chi connectivity index (χ4v) is 3.14. The third kappa shape index (κ3) is 5.71. The number of halogens is 3. The van der Waals surface area contributed by atoms with Gasteiger partial charge in [0, 0.05) is 12.1 Å². The molecule has 2 aromatic rings. The van der Waals surface area contributed by atoms with Gasteiger partial charge in [0.2, 0.25) is 0 Å². The predicted octanol–water partition coefficient (Wildman–Crippen LogP) is 3.66. The summed E-state index contributed by atoms with van der Waals surface area (Å²) < 4.78 is 49.4. The number of alkyl halides is 3. The Morgan fingerprint density at radius 1 is 1.06 bits per heavy atom. The van der Waals surface area contributed by atoms with Gasteiger partial charge in [-0.25, -0.2) is 4.79 Å². The van der Waals surface area contributed by atoms with Gasteiger partial charge in [0.05, 0.1) is 16.2 Å². The van der Waals surface area contributed by atoms with E-state index in [1.165, 1.54) is 5.56 Å². The zero-order valence-electron chi connectivity index (χ0n) is 16.0. The highest BCUT2D eigenvalue weighted by atomic mass is 19.4. The summed E-state index contributed by atoms with van der Waals surface area (Å²) in [5.41, 5.74) is -0.472. The van der Waals surface area contributed by atoms with Crippen LogP contribution in [0.5, 0.6) is 5.75 Å². The second-order valence-electron chi connectivity index (χ2n) is 6.77. The number of carbonyl (C=O) groups excluding carboxylic acids is 2. The van der Waals surface area contributed by atoms with Crippen molar-refractivity contribution in [2.24, 2.45) is 0 Å². The third-order valence-corrected chi connectivity index (χ3v) is 4.58. The van der Waals surface area contributed by atoms with Crippen molar-refractivity contribution in [1.82, 2.24) is 0 Å². The van der Waals surface area contributed by atoms with Gasteiger partial charge < -0.3 is 14.8 Å². The lowest BCUT2D eigenvalue weighted by molar-refractivity contribution is -0.385. The van der Waals surface area contributed by atoms with Crippen LogP contribution >= 0.6 is 0 Å². The smallest absolute Gasteiger partial charge is 0.418 e. The molecule has 0 fully saturated rings. The molecule has 0 aliphatic heterocycles. The Kier molecular flexibility index (Phi) is 6.42. The molecule has 0 spiro atoms. The van der Waals surface area contributed by atoms with Crippen LogP contribution in [-0.2, 0) is 33.3 Å². The van der Waals surface area contributed by atoms with Crippen molar-refractivity contribution < 1.29 is 37.2 Å². The molecule has 0 saturated carbocycles. The molecule has 164 valence electrons. The predicted molar refractivity (Wildman–Crippen MR) is 102 cm³/mol. The van der Waals surface area contributed by atoms with Crippen molar-refractivity contribution in [2.75, 3.05) is 18.5 Å². The van der Waals surface area contributed by atoms with Gasteiger partial charge in [-0.05, 0) is 48.6 Å². The first-order valence-electron chi connectivity index (χ1n) is 9.19. The Morgan fingerprint density at radius 2 is 1.81 bits per heavy atom. The zero-order valence-corrected chi connectivity index (χ0v) is 16.0. The van der Waals surface area contributed by atoms with E-state index in [9.17, 15) is 32.9 Å². The molecule has 1 N–H and O–H groups in total. The molecule has 0 radical (unpaired) electrons. The molecule has 1 amide bonds. The number of esters is 1. The van der Waals surface area contributed by atoms with Crippen LogP contribution in [0.15, 0.2) is 36.4 Å². The van der Waals surface area contributed by atoms with Crippen LogP contribution < -0.4 is 10.1 Å². The van der Waals surface area contributed by atoms with Crippen molar-refractivity contribution in [3.05, 3.63) is 63.2 Å². The van der Waals surface area contributed by atoms with Crippen molar-refractivity contribution >= 4 is 23.3 Å². The van der Waals surface area contributed by atoms with Crippen molar-refractivity contribution in [1.29, 1.82) is 0 Å². The third-order valence-electron chi connectivity index (χ3n) is 4.58. The van der Waals surface area contributed by atoms with E-state index < -0.39 is 53.1 Å². The number of non-ortho nitro benzene ring substituents is 1. The van der Waals surface area contributed by atoms with Gasteiger partial charge in [0.1, 0.15) is 5.75 Å². The van der Waals surface area contributed by atoms with E-state index in [0.717, 1.165) is 37.0 Å². The molecule has 1 aliphatic rings. The quantitative estimate of drug-likeness (QED) is 0.402. The number of amides is 1. The van der Waals surface area contributed by atoms with Gasteiger partial charge in [-0.3, -0.25) is 14.9 Å². The monoisotopic (exact) mass is 438 g/mol. The molecule has 0 saturated heterocycles. The second kappa shape index (κ2) is 9.02. The molecule has 0 bridgehead atoms. The molecule has 3 rings (SSSR count). The highest BCUT2D eigenvalue weighted by Gasteiger charge is 2.35. The van der Waals surface area contributed by atoms with Crippen molar-refractivity contribution in [3.63, 3.8) is 0 Å². The molecule has 31 heavy (non-hydrogen) atoms. The van der Waals surface area contributed by atoms with Crippen LogP contribution in [0.2, 0.25) is 0 Å². The summed E-state index contributed by atoms with van der Waals surface area (Å²) >= 11 is 0. The number of nitro benzene ring substituents is 1. The van der Waals surface area contributed by atoms with Crippen LogP contribution in [-0.4, -0.2) is 30.0 Å². The first-order chi connectivity index (χ1) is 14.6. The Hall–Kier alpha value is -3.63. The lowest BCUT2D eigenvalue weighted by atomic mass is 10.1. The van der Waals surface area contributed by atoms with Crippen LogP contribution in [0.1, 0.15) is 23.1 Å². The Morgan fingerprint density at radius 3 is 2.52 bits per heavy atom. The lowest BCUT2D eigenvalue weighted by Crippen LogP contribution is -2.25. The Balaban J connectivity index is 1.53. The molecule has 0 aromatic heterocycles. The first kappa shape index (κ1) is 22.1. The van der Waals surface area contributed by atoms with Gasteiger partial charge in [0.15, 0.2) is 13.2 Å². The molecule has 8 nitrogen and oxygen atoms in total. The van der Waals surface area contributed by atoms with Crippen molar-refractivity contribution in [2.45, 2.75) is 25.4 Å². The highest BCUT2D eigenvalue weighted by Crippen LogP contribution is 2.37. The van der Waals surface area contributed by atoms with E-state index in [1.54, 1.807) is 6.07 Å². The summed E-state index contributed by atoms with van der Waals surface area (Å²) in [7, 11) is 0. The molecule has 2 aromatic carbocycles. The normalized spacial score (nSPS) is 12.7. The van der Waals surface area contributed by atoms with E-state index >= 15 is 0 Å².